The van der Waals surface area contributed by atoms with Crippen LogP contribution in [0.5, 0.6) is 0 Å². The molecule has 0 aliphatic carbocycles. The Kier molecular flexibility index (Phi) is 6.12. The predicted octanol–water partition coefficient (Wildman–Crippen LogP) is 1.94. The highest BCUT2D eigenvalue weighted by Crippen LogP contribution is 2.14. The summed E-state index contributed by atoms with van der Waals surface area (Å²) < 4.78 is 0. The van der Waals surface area contributed by atoms with Gasteiger partial charge in [0.2, 0.25) is 5.91 Å². The van der Waals surface area contributed by atoms with Crippen molar-refractivity contribution in [2.45, 2.75) is 33.6 Å². The van der Waals surface area contributed by atoms with Crippen molar-refractivity contribution in [1.82, 2.24) is 10.3 Å². The van der Waals surface area contributed by atoms with E-state index in [4.69, 9.17) is 5.73 Å². The number of nitrogens with one attached hydrogen (secondary N) is 2. The van der Waals surface area contributed by atoms with Crippen LogP contribution in [0.2, 0.25) is 0 Å². The van der Waals surface area contributed by atoms with E-state index in [2.05, 4.69) is 15.6 Å². The van der Waals surface area contributed by atoms with Gasteiger partial charge in [0.05, 0.1) is 5.69 Å². The molecule has 0 aliphatic rings. The number of carbonyl (C=O) groups is 1. The monoisotopic (exact) mass is 264 g/mol. The zero-order valence-electron chi connectivity index (χ0n) is 12.0. The third-order valence-corrected chi connectivity index (χ3v) is 2.63. The van der Waals surface area contributed by atoms with Gasteiger partial charge in [-0.1, -0.05) is 13.8 Å². The van der Waals surface area contributed by atoms with Crippen molar-refractivity contribution >= 4 is 17.4 Å². The van der Waals surface area contributed by atoms with Crippen molar-refractivity contribution in [3.63, 3.8) is 0 Å². The van der Waals surface area contributed by atoms with Crippen molar-refractivity contribution in [1.29, 1.82) is 0 Å². The fourth-order valence-corrected chi connectivity index (χ4v) is 1.68. The molecule has 0 atom stereocenters. The van der Waals surface area contributed by atoms with E-state index < -0.39 is 0 Å². The number of nitrogen functional groups attached to an aromatic ring is 1. The second kappa shape index (κ2) is 7.61. The van der Waals surface area contributed by atoms with Crippen molar-refractivity contribution in [3.05, 3.63) is 17.8 Å². The van der Waals surface area contributed by atoms with E-state index in [1.165, 1.54) is 0 Å². The van der Waals surface area contributed by atoms with Crippen LogP contribution < -0.4 is 16.4 Å². The highest BCUT2D eigenvalue weighted by Gasteiger charge is 2.04. The van der Waals surface area contributed by atoms with Crippen LogP contribution in [-0.4, -0.2) is 24.0 Å². The Morgan fingerprint density at radius 2 is 2.11 bits per heavy atom. The molecule has 5 nitrogen and oxygen atoms in total. The minimum absolute atomic E-state index is 0.114. The van der Waals surface area contributed by atoms with Gasteiger partial charge in [0.25, 0.3) is 0 Å². The van der Waals surface area contributed by atoms with Crippen LogP contribution in [0, 0.1) is 12.8 Å². The Morgan fingerprint density at radius 1 is 1.37 bits per heavy atom. The molecule has 4 N–H and O–H groups in total. The van der Waals surface area contributed by atoms with Gasteiger partial charge < -0.3 is 16.4 Å². The summed E-state index contributed by atoms with van der Waals surface area (Å²) in [5.41, 5.74) is 7.39. The topological polar surface area (TPSA) is 80.0 Å². The average Bonchev–Trinajstić information content (AvgIpc) is 2.32. The molecule has 1 aromatic heterocycles. The number of pyridine rings is 1. The highest BCUT2D eigenvalue weighted by molar-refractivity contribution is 5.76. The van der Waals surface area contributed by atoms with Gasteiger partial charge in [0, 0.05) is 25.2 Å². The quantitative estimate of drug-likeness (QED) is 0.657. The maximum atomic E-state index is 11.4. The van der Waals surface area contributed by atoms with Gasteiger partial charge in [-0.2, -0.15) is 0 Å². The van der Waals surface area contributed by atoms with Gasteiger partial charge in [-0.25, -0.2) is 4.98 Å². The van der Waals surface area contributed by atoms with Crippen LogP contribution >= 0.6 is 0 Å². The number of anilines is 2. The maximum absolute atomic E-state index is 11.4. The molecule has 1 amide bonds. The van der Waals surface area contributed by atoms with E-state index in [0.717, 1.165) is 18.7 Å². The summed E-state index contributed by atoms with van der Waals surface area (Å²) in [5.74, 6) is 1.23. The third-order valence-electron chi connectivity index (χ3n) is 2.63. The van der Waals surface area contributed by atoms with Crippen LogP contribution in [0.1, 0.15) is 32.4 Å². The summed E-state index contributed by atoms with van der Waals surface area (Å²) in [6.07, 6.45) is 1.43. The summed E-state index contributed by atoms with van der Waals surface area (Å²) >= 11 is 0. The molecule has 0 aromatic carbocycles. The number of nitrogens with two attached hydrogens (primary N) is 1. The SMILES string of the molecule is Cc1ccc(N)c(NCCCNC(=O)CC(C)C)n1. The maximum Gasteiger partial charge on any atom is 0.220 e. The van der Waals surface area contributed by atoms with Crippen LogP contribution in [0.15, 0.2) is 12.1 Å². The van der Waals surface area contributed by atoms with E-state index in [-0.39, 0.29) is 5.91 Å². The first-order chi connectivity index (χ1) is 8.99. The lowest BCUT2D eigenvalue weighted by Gasteiger charge is -2.10. The Morgan fingerprint density at radius 3 is 2.79 bits per heavy atom. The molecule has 0 bridgehead atoms. The zero-order valence-corrected chi connectivity index (χ0v) is 12.0. The van der Waals surface area contributed by atoms with Crippen molar-refractivity contribution in [2.24, 2.45) is 5.92 Å². The van der Waals surface area contributed by atoms with Gasteiger partial charge in [-0.3, -0.25) is 4.79 Å². The third kappa shape index (κ3) is 6.08. The average molecular weight is 264 g/mol. The summed E-state index contributed by atoms with van der Waals surface area (Å²) in [7, 11) is 0. The second-order valence-electron chi connectivity index (χ2n) is 5.12. The summed E-state index contributed by atoms with van der Waals surface area (Å²) in [6.45, 7) is 7.41. The number of carbonyl (C=O) groups excluding carboxylic acids is 1. The number of aryl methyl sites for hydroxylation is 1. The van der Waals surface area contributed by atoms with E-state index in [1.807, 2.05) is 32.9 Å². The standard InChI is InChI=1S/C14H24N4O/c1-10(2)9-13(19)16-7-4-8-17-14-12(15)6-5-11(3)18-14/h5-6,10H,4,7-9,15H2,1-3H3,(H,16,19)(H,17,18). The Balaban J connectivity index is 2.20. The van der Waals surface area contributed by atoms with E-state index in [0.29, 0.717) is 30.4 Å². The van der Waals surface area contributed by atoms with Crippen molar-refractivity contribution in [2.75, 3.05) is 24.1 Å². The molecule has 0 unspecified atom stereocenters. The van der Waals surface area contributed by atoms with Gasteiger partial charge in [0.1, 0.15) is 5.82 Å². The predicted molar refractivity (Wildman–Crippen MR) is 79.0 cm³/mol. The first-order valence-electron chi connectivity index (χ1n) is 6.72. The summed E-state index contributed by atoms with van der Waals surface area (Å²) in [6, 6.07) is 3.72. The fraction of sp³-hybridized carbons (Fsp3) is 0.571. The van der Waals surface area contributed by atoms with E-state index in [1.54, 1.807) is 0 Å². The molecule has 0 saturated heterocycles. The molecule has 0 aliphatic heterocycles. The Hall–Kier alpha value is -1.78. The van der Waals surface area contributed by atoms with Gasteiger partial charge >= 0.3 is 0 Å². The van der Waals surface area contributed by atoms with E-state index in [9.17, 15) is 4.79 Å². The second-order valence-corrected chi connectivity index (χ2v) is 5.12. The Bertz CT molecular complexity index is 418. The molecule has 106 valence electrons. The molecule has 0 saturated carbocycles. The summed E-state index contributed by atoms with van der Waals surface area (Å²) in [4.78, 5) is 15.7. The molecular weight excluding hydrogens is 240 g/mol. The highest BCUT2D eigenvalue weighted by atomic mass is 16.1. The Labute approximate surface area is 115 Å². The normalized spacial score (nSPS) is 10.5. The minimum atomic E-state index is 0.114. The minimum Gasteiger partial charge on any atom is -0.396 e. The van der Waals surface area contributed by atoms with Crippen LogP contribution in [0.4, 0.5) is 11.5 Å². The fourth-order valence-electron chi connectivity index (χ4n) is 1.68. The summed E-state index contributed by atoms with van der Waals surface area (Å²) in [5, 5.41) is 6.08. The lowest BCUT2D eigenvalue weighted by molar-refractivity contribution is -0.121. The lowest BCUT2D eigenvalue weighted by Crippen LogP contribution is -2.26. The molecule has 0 radical (unpaired) electrons. The smallest absolute Gasteiger partial charge is 0.220 e. The molecule has 1 heterocycles. The first kappa shape index (κ1) is 15.3. The molecule has 1 aromatic rings. The van der Waals surface area contributed by atoms with Crippen LogP contribution in [-0.2, 0) is 4.79 Å². The number of amides is 1. The molecule has 0 fully saturated rings. The molecule has 19 heavy (non-hydrogen) atoms. The molecule has 1 rings (SSSR count). The van der Waals surface area contributed by atoms with Gasteiger partial charge in [-0.15, -0.1) is 0 Å². The van der Waals surface area contributed by atoms with Crippen molar-refractivity contribution < 1.29 is 4.79 Å². The van der Waals surface area contributed by atoms with Crippen LogP contribution in [0.3, 0.4) is 0 Å². The largest absolute Gasteiger partial charge is 0.396 e. The molecule has 5 heteroatoms. The van der Waals surface area contributed by atoms with Crippen molar-refractivity contribution in [3.8, 4) is 0 Å². The lowest BCUT2D eigenvalue weighted by atomic mass is 10.1. The molecule has 0 spiro atoms. The van der Waals surface area contributed by atoms with Gasteiger partial charge in [-0.05, 0) is 31.4 Å². The number of hydrogen-bond acceptors (Lipinski definition) is 4. The number of rotatable bonds is 7. The van der Waals surface area contributed by atoms with E-state index >= 15 is 0 Å². The van der Waals surface area contributed by atoms with Gasteiger partial charge in [0.15, 0.2) is 0 Å². The molecular formula is C14H24N4O. The van der Waals surface area contributed by atoms with Crippen LogP contribution in [0.25, 0.3) is 0 Å². The zero-order chi connectivity index (χ0) is 14.3. The number of aromatic nitrogens is 1. The number of hydrogen-bond donors (Lipinski definition) is 3. The first-order valence-corrected chi connectivity index (χ1v) is 6.72. The number of nitrogens with zero attached hydrogens (tertiary/aromatic N) is 1.